The van der Waals surface area contributed by atoms with Gasteiger partial charge in [0.2, 0.25) is 0 Å². The summed E-state index contributed by atoms with van der Waals surface area (Å²) in [4.78, 5) is 24.7. The Hall–Kier alpha value is -3.93. The largest absolute Gasteiger partial charge is 0.469 e. The maximum absolute atomic E-state index is 11.5. The van der Waals surface area contributed by atoms with Gasteiger partial charge in [0.1, 0.15) is 6.42 Å². The zero-order valence-corrected chi connectivity index (χ0v) is 16.0. The molecule has 1 amide bonds. The van der Waals surface area contributed by atoms with E-state index in [1.165, 1.54) is 13.3 Å². The van der Waals surface area contributed by atoms with Crippen LogP contribution in [-0.4, -0.2) is 25.2 Å². The number of nitrogens with zero attached hydrogens (tertiary/aromatic N) is 2. The third-order valence-corrected chi connectivity index (χ3v) is 4.12. The van der Waals surface area contributed by atoms with E-state index in [4.69, 9.17) is 0 Å². The number of ether oxygens (including phenoxy) is 1. The van der Waals surface area contributed by atoms with Crippen molar-refractivity contribution in [3.8, 4) is 0 Å². The van der Waals surface area contributed by atoms with Gasteiger partial charge in [0.05, 0.1) is 13.3 Å². The van der Waals surface area contributed by atoms with Crippen LogP contribution in [0.25, 0.3) is 0 Å². The minimum atomic E-state index is -0.607. The van der Waals surface area contributed by atoms with E-state index in [-0.39, 0.29) is 6.42 Å². The number of amides is 1. The molecule has 1 N–H and O–H groups in total. The van der Waals surface area contributed by atoms with Crippen molar-refractivity contribution >= 4 is 35.2 Å². The van der Waals surface area contributed by atoms with E-state index in [1.54, 1.807) is 0 Å². The van der Waals surface area contributed by atoms with E-state index in [0.29, 0.717) is 0 Å². The lowest BCUT2D eigenvalue weighted by molar-refractivity contribution is -0.143. The van der Waals surface area contributed by atoms with Crippen molar-refractivity contribution < 1.29 is 14.3 Å². The number of carbonyl (C=O) groups excluding carboxylic acids is 2. The second kappa shape index (κ2) is 9.85. The highest BCUT2D eigenvalue weighted by Gasteiger charge is 2.11. The third-order valence-electron chi connectivity index (χ3n) is 4.12. The van der Waals surface area contributed by atoms with Crippen molar-refractivity contribution in [1.82, 2.24) is 5.43 Å². The zero-order chi connectivity index (χ0) is 20.5. The molecule has 0 aliphatic carbocycles. The molecule has 0 bridgehead atoms. The van der Waals surface area contributed by atoms with Gasteiger partial charge in [-0.05, 0) is 42.0 Å². The molecule has 0 aromatic heterocycles. The number of para-hydroxylation sites is 2. The number of hydrogen-bond acceptors (Lipinski definition) is 5. The van der Waals surface area contributed by atoms with Crippen molar-refractivity contribution in [2.45, 2.75) is 6.42 Å². The van der Waals surface area contributed by atoms with Crippen LogP contribution in [0.1, 0.15) is 12.0 Å². The lowest BCUT2D eigenvalue weighted by atomic mass is 10.1. The lowest BCUT2D eigenvalue weighted by Gasteiger charge is -2.25. The molecule has 3 rings (SSSR count). The van der Waals surface area contributed by atoms with Crippen LogP contribution in [0, 0.1) is 0 Å². The number of rotatable bonds is 7. The van der Waals surface area contributed by atoms with Gasteiger partial charge >= 0.3 is 5.97 Å². The topological polar surface area (TPSA) is 71.0 Å². The summed E-state index contributed by atoms with van der Waals surface area (Å²) in [5, 5.41) is 3.87. The van der Waals surface area contributed by atoms with Gasteiger partial charge in [-0.25, -0.2) is 5.43 Å². The van der Waals surface area contributed by atoms with Crippen LogP contribution in [0.15, 0.2) is 90.0 Å². The van der Waals surface area contributed by atoms with Crippen molar-refractivity contribution in [1.29, 1.82) is 0 Å². The maximum Gasteiger partial charge on any atom is 0.315 e. The van der Waals surface area contributed by atoms with E-state index in [0.717, 1.165) is 22.6 Å². The van der Waals surface area contributed by atoms with Gasteiger partial charge in [0.15, 0.2) is 0 Å². The summed E-state index contributed by atoms with van der Waals surface area (Å²) >= 11 is 0. The fourth-order valence-electron chi connectivity index (χ4n) is 2.73. The van der Waals surface area contributed by atoms with Crippen LogP contribution in [0.2, 0.25) is 0 Å². The van der Waals surface area contributed by atoms with Gasteiger partial charge < -0.3 is 9.64 Å². The first-order valence-corrected chi connectivity index (χ1v) is 9.06. The van der Waals surface area contributed by atoms with E-state index < -0.39 is 11.9 Å². The van der Waals surface area contributed by atoms with Crippen LogP contribution in [0.4, 0.5) is 17.1 Å². The Morgan fingerprint density at radius 2 is 1.38 bits per heavy atom. The van der Waals surface area contributed by atoms with Crippen LogP contribution < -0.4 is 10.3 Å². The fraction of sp³-hybridized carbons (Fsp3) is 0.0870. The Morgan fingerprint density at radius 1 is 0.862 bits per heavy atom. The molecule has 6 heteroatoms. The Bertz CT molecular complexity index is 932. The van der Waals surface area contributed by atoms with Gasteiger partial charge in [0, 0.05) is 17.1 Å². The first-order chi connectivity index (χ1) is 14.2. The average Bonchev–Trinajstić information content (AvgIpc) is 2.76. The van der Waals surface area contributed by atoms with E-state index >= 15 is 0 Å². The summed E-state index contributed by atoms with van der Waals surface area (Å²) in [6.07, 6.45) is 1.16. The fourth-order valence-corrected chi connectivity index (χ4v) is 2.73. The molecule has 3 aromatic rings. The Balaban J connectivity index is 1.75. The highest BCUT2D eigenvalue weighted by atomic mass is 16.5. The van der Waals surface area contributed by atoms with Gasteiger partial charge in [-0.2, -0.15) is 5.10 Å². The molecule has 146 valence electrons. The summed E-state index contributed by atoms with van der Waals surface area (Å²) in [5.41, 5.74) is 6.21. The zero-order valence-electron chi connectivity index (χ0n) is 16.0. The SMILES string of the molecule is COC(=O)CC(=O)N/N=C/c1ccc(N(c2ccccc2)c2ccccc2)cc1. The Morgan fingerprint density at radius 3 is 1.90 bits per heavy atom. The summed E-state index contributed by atoms with van der Waals surface area (Å²) in [7, 11) is 1.23. The van der Waals surface area contributed by atoms with Crippen molar-refractivity contribution in [2.24, 2.45) is 5.10 Å². The molecule has 0 radical (unpaired) electrons. The molecule has 0 saturated heterocycles. The molecule has 0 fully saturated rings. The highest BCUT2D eigenvalue weighted by molar-refractivity contribution is 5.94. The van der Waals surface area contributed by atoms with Gasteiger partial charge in [-0.1, -0.05) is 48.5 Å². The van der Waals surface area contributed by atoms with Gasteiger partial charge in [0.25, 0.3) is 5.91 Å². The maximum atomic E-state index is 11.5. The van der Waals surface area contributed by atoms with Crippen molar-refractivity contribution in [3.05, 3.63) is 90.5 Å². The minimum Gasteiger partial charge on any atom is -0.469 e. The average molecular weight is 387 g/mol. The first-order valence-electron chi connectivity index (χ1n) is 9.06. The second-order valence-electron chi connectivity index (χ2n) is 6.14. The number of esters is 1. The molecule has 3 aromatic carbocycles. The van der Waals surface area contributed by atoms with E-state index in [9.17, 15) is 9.59 Å². The number of nitrogens with one attached hydrogen (secondary N) is 1. The number of hydrogen-bond donors (Lipinski definition) is 1. The molecule has 6 nitrogen and oxygen atoms in total. The Kier molecular flexibility index (Phi) is 6.73. The molecule has 0 atom stereocenters. The molecule has 0 unspecified atom stereocenters. The van der Waals surface area contributed by atoms with Crippen LogP contribution >= 0.6 is 0 Å². The van der Waals surface area contributed by atoms with Crippen molar-refractivity contribution in [2.75, 3.05) is 12.0 Å². The van der Waals surface area contributed by atoms with Crippen LogP contribution in [0.5, 0.6) is 0 Å². The molecular weight excluding hydrogens is 366 g/mol. The molecule has 29 heavy (non-hydrogen) atoms. The third kappa shape index (κ3) is 5.52. The van der Waals surface area contributed by atoms with Gasteiger partial charge in [-0.15, -0.1) is 0 Å². The molecule has 0 heterocycles. The highest BCUT2D eigenvalue weighted by Crippen LogP contribution is 2.33. The minimum absolute atomic E-state index is 0.365. The second-order valence-corrected chi connectivity index (χ2v) is 6.14. The predicted octanol–water partition coefficient (Wildman–Crippen LogP) is 4.17. The number of carbonyl (C=O) groups is 2. The summed E-state index contributed by atoms with van der Waals surface area (Å²) < 4.78 is 4.44. The normalized spacial score (nSPS) is 10.5. The number of benzene rings is 3. The smallest absolute Gasteiger partial charge is 0.315 e. The van der Waals surface area contributed by atoms with E-state index in [2.05, 4.69) is 44.4 Å². The Labute approximate surface area is 169 Å². The number of methoxy groups -OCH3 is 1. The quantitative estimate of drug-likeness (QED) is 0.286. The number of hydrazone groups is 1. The molecular formula is C23H21N3O3. The summed E-state index contributed by atoms with van der Waals surface area (Å²) in [6, 6.07) is 28.0. The monoisotopic (exact) mass is 387 g/mol. The predicted molar refractivity (Wildman–Crippen MR) is 113 cm³/mol. The lowest BCUT2D eigenvalue weighted by Crippen LogP contribution is -2.21. The number of anilines is 3. The van der Waals surface area contributed by atoms with E-state index in [1.807, 2.05) is 60.7 Å². The summed E-state index contributed by atoms with van der Waals surface area (Å²) in [5.74, 6) is -1.13. The van der Waals surface area contributed by atoms with Crippen molar-refractivity contribution in [3.63, 3.8) is 0 Å². The van der Waals surface area contributed by atoms with Crippen LogP contribution in [-0.2, 0) is 14.3 Å². The van der Waals surface area contributed by atoms with Crippen LogP contribution in [0.3, 0.4) is 0 Å². The molecule has 0 aliphatic rings. The molecule has 0 aliphatic heterocycles. The summed E-state index contributed by atoms with van der Waals surface area (Å²) in [6.45, 7) is 0. The molecule has 0 saturated carbocycles. The first kappa shape index (κ1) is 19.8. The standard InChI is InChI=1S/C23H21N3O3/c1-29-23(28)16-22(27)25-24-17-18-12-14-21(15-13-18)26(19-8-4-2-5-9-19)20-10-6-3-7-11-20/h2-15,17H,16H2,1H3,(H,25,27)/b24-17+. The van der Waals surface area contributed by atoms with Gasteiger partial charge in [-0.3, -0.25) is 9.59 Å². The molecule has 0 spiro atoms.